The minimum atomic E-state index is -0.954. The maximum Gasteiger partial charge on any atom is 0.410 e. The van der Waals surface area contributed by atoms with E-state index in [1.807, 2.05) is 49.9 Å². The molecule has 1 aliphatic heterocycles. The average Bonchev–Trinajstić information content (AvgIpc) is 2.69. The smallest absolute Gasteiger partial charge is 0.410 e. The molecule has 0 aliphatic carbocycles. The van der Waals surface area contributed by atoms with Crippen LogP contribution in [0.3, 0.4) is 0 Å². The zero-order chi connectivity index (χ0) is 22.8. The van der Waals surface area contributed by atoms with Crippen LogP contribution >= 0.6 is 0 Å². The largest absolute Gasteiger partial charge is 0.489 e. The number of ether oxygens (including phenoxy) is 2. The molecule has 1 atom stereocenters. The molecule has 2 aromatic carbocycles. The molecule has 1 aliphatic rings. The van der Waals surface area contributed by atoms with E-state index in [0.717, 1.165) is 28.9 Å². The molecule has 2 aromatic rings. The summed E-state index contributed by atoms with van der Waals surface area (Å²) in [5.41, 5.74) is 2.79. The van der Waals surface area contributed by atoms with Crippen LogP contribution in [0.4, 0.5) is 4.79 Å². The number of nitrogens with zero attached hydrogens (tertiary/aromatic N) is 1. The lowest BCUT2D eigenvalue weighted by Gasteiger charge is -2.40. The van der Waals surface area contributed by atoms with E-state index < -0.39 is 11.6 Å². The minimum Gasteiger partial charge on any atom is -0.489 e. The van der Waals surface area contributed by atoms with Gasteiger partial charge in [-0.15, -0.1) is 0 Å². The number of hydrogen-bond donors (Lipinski definition) is 1. The number of fused-ring (bicyclic) bond motifs is 1. The highest BCUT2D eigenvalue weighted by Gasteiger charge is 2.35. The molecule has 0 spiro atoms. The van der Waals surface area contributed by atoms with Crippen molar-refractivity contribution in [1.29, 1.82) is 0 Å². The van der Waals surface area contributed by atoms with Crippen molar-refractivity contribution in [2.24, 2.45) is 5.92 Å². The fourth-order valence-corrected chi connectivity index (χ4v) is 3.93. The molecule has 0 saturated heterocycles. The van der Waals surface area contributed by atoms with Crippen LogP contribution in [0.1, 0.15) is 67.7 Å². The van der Waals surface area contributed by atoms with Gasteiger partial charge in [0.1, 0.15) is 18.0 Å². The van der Waals surface area contributed by atoms with Crippen LogP contribution in [-0.2, 0) is 17.8 Å². The van der Waals surface area contributed by atoms with E-state index in [-0.39, 0.29) is 30.2 Å². The Labute approximate surface area is 183 Å². The third-order valence-corrected chi connectivity index (χ3v) is 5.23. The van der Waals surface area contributed by atoms with Crippen molar-refractivity contribution in [2.45, 2.75) is 59.3 Å². The predicted octanol–water partition coefficient (Wildman–Crippen LogP) is 5.45. The van der Waals surface area contributed by atoms with Gasteiger partial charge in [0.05, 0.1) is 11.6 Å². The second-order valence-corrected chi connectivity index (χ2v) is 9.27. The van der Waals surface area contributed by atoms with Gasteiger partial charge in [-0.3, -0.25) is 0 Å². The van der Waals surface area contributed by atoms with E-state index in [2.05, 4.69) is 13.8 Å². The van der Waals surface area contributed by atoms with Crippen molar-refractivity contribution in [2.75, 3.05) is 6.54 Å². The first kappa shape index (κ1) is 22.7. The van der Waals surface area contributed by atoms with Crippen LogP contribution in [0.15, 0.2) is 42.5 Å². The van der Waals surface area contributed by atoms with Crippen molar-refractivity contribution in [3.8, 4) is 5.75 Å². The van der Waals surface area contributed by atoms with Crippen molar-refractivity contribution in [3.63, 3.8) is 0 Å². The van der Waals surface area contributed by atoms with Gasteiger partial charge in [-0.1, -0.05) is 32.0 Å². The van der Waals surface area contributed by atoms with Gasteiger partial charge in [-0.25, -0.2) is 9.59 Å². The number of carbonyl (C=O) groups excluding carboxylic acids is 1. The molecular formula is C25H31NO5. The lowest BCUT2D eigenvalue weighted by atomic mass is 9.86. The van der Waals surface area contributed by atoms with Crippen LogP contribution in [-0.4, -0.2) is 34.2 Å². The Hall–Kier alpha value is -3.02. The Morgan fingerprint density at radius 2 is 1.90 bits per heavy atom. The normalized spacial score (nSPS) is 16.1. The molecule has 0 fully saturated rings. The minimum absolute atomic E-state index is 0.0556. The average molecular weight is 426 g/mol. The van der Waals surface area contributed by atoms with E-state index in [4.69, 9.17) is 14.6 Å². The SMILES string of the molecule is CC(C)[C@H]1c2ccc(OCc3cccc(C(=O)O)c3)cc2CCN1C(=O)OC(C)(C)C. The van der Waals surface area contributed by atoms with Gasteiger partial charge in [-0.2, -0.15) is 0 Å². The molecule has 31 heavy (non-hydrogen) atoms. The quantitative estimate of drug-likeness (QED) is 0.689. The molecular weight excluding hydrogens is 394 g/mol. The molecule has 0 saturated carbocycles. The molecule has 0 aromatic heterocycles. The summed E-state index contributed by atoms with van der Waals surface area (Å²) in [6.45, 7) is 10.7. The highest BCUT2D eigenvalue weighted by atomic mass is 16.6. The van der Waals surface area contributed by atoms with Gasteiger partial charge >= 0.3 is 12.1 Å². The van der Waals surface area contributed by atoms with Gasteiger partial charge in [0.25, 0.3) is 0 Å². The second kappa shape index (κ2) is 9.00. The highest BCUT2D eigenvalue weighted by molar-refractivity contribution is 5.87. The van der Waals surface area contributed by atoms with Gasteiger partial charge in [-0.05, 0) is 74.1 Å². The first-order valence-electron chi connectivity index (χ1n) is 10.6. The van der Waals surface area contributed by atoms with Crippen molar-refractivity contribution >= 4 is 12.1 Å². The predicted molar refractivity (Wildman–Crippen MR) is 118 cm³/mol. The monoisotopic (exact) mass is 425 g/mol. The molecule has 1 amide bonds. The van der Waals surface area contributed by atoms with Crippen LogP contribution in [0.25, 0.3) is 0 Å². The summed E-state index contributed by atoms with van der Waals surface area (Å²) < 4.78 is 11.6. The summed E-state index contributed by atoms with van der Waals surface area (Å²) in [6.07, 6.45) is 0.444. The molecule has 1 N–H and O–H groups in total. The molecule has 6 nitrogen and oxygen atoms in total. The summed E-state index contributed by atoms with van der Waals surface area (Å²) in [7, 11) is 0. The van der Waals surface area contributed by atoms with E-state index in [9.17, 15) is 9.59 Å². The van der Waals surface area contributed by atoms with Gasteiger partial charge in [0.15, 0.2) is 0 Å². The van der Waals surface area contributed by atoms with E-state index in [1.165, 1.54) is 0 Å². The Bertz CT molecular complexity index is 961. The maximum absolute atomic E-state index is 12.8. The van der Waals surface area contributed by atoms with Crippen LogP contribution < -0.4 is 4.74 Å². The summed E-state index contributed by atoms with van der Waals surface area (Å²) in [5, 5.41) is 9.14. The molecule has 0 radical (unpaired) electrons. The Kier molecular flexibility index (Phi) is 6.58. The fraction of sp³-hybridized carbons (Fsp3) is 0.440. The lowest BCUT2D eigenvalue weighted by Crippen LogP contribution is -2.44. The summed E-state index contributed by atoms with van der Waals surface area (Å²) in [4.78, 5) is 25.8. The molecule has 1 heterocycles. The third-order valence-electron chi connectivity index (χ3n) is 5.23. The second-order valence-electron chi connectivity index (χ2n) is 9.27. The Morgan fingerprint density at radius 1 is 1.16 bits per heavy atom. The van der Waals surface area contributed by atoms with Crippen LogP contribution in [0.2, 0.25) is 0 Å². The lowest BCUT2D eigenvalue weighted by molar-refractivity contribution is 0.00875. The first-order chi connectivity index (χ1) is 14.5. The van der Waals surface area contributed by atoms with Crippen LogP contribution in [0, 0.1) is 5.92 Å². The number of carbonyl (C=O) groups is 2. The summed E-state index contributed by atoms with van der Waals surface area (Å²) in [5.74, 6) is 0.00898. The van der Waals surface area contributed by atoms with Crippen molar-refractivity contribution in [3.05, 3.63) is 64.7 Å². The number of carboxylic acid groups (broad SMARTS) is 1. The Morgan fingerprint density at radius 3 is 2.55 bits per heavy atom. The van der Waals surface area contributed by atoms with E-state index >= 15 is 0 Å². The Balaban J connectivity index is 1.77. The van der Waals surface area contributed by atoms with E-state index in [1.54, 1.807) is 18.2 Å². The molecule has 6 heteroatoms. The fourth-order valence-electron chi connectivity index (χ4n) is 3.93. The molecule has 0 unspecified atom stereocenters. The zero-order valence-corrected chi connectivity index (χ0v) is 18.8. The third kappa shape index (κ3) is 5.57. The van der Waals surface area contributed by atoms with E-state index in [0.29, 0.717) is 6.54 Å². The number of benzene rings is 2. The number of aromatic carboxylic acids is 1. The standard InChI is InChI=1S/C25H31NO5/c1-16(2)22-21-10-9-20(30-15-17-7-6-8-19(13-17)23(27)28)14-18(21)11-12-26(22)24(29)31-25(3,4)5/h6-10,13-14,16,22H,11-12,15H2,1-5H3,(H,27,28)/t22-/m0/s1. The highest BCUT2D eigenvalue weighted by Crippen LogP contribution is 2.37. The van der Waals surface area contributed by atoms with Gasteiger partial charge in [0, 0.05) is 6.54 Å². The van der Waals surface area contributed by atoms with Gasteiger partial charge < -0.3 is 19.5 Å². The molecule has 166 valence electrons. The molecule has 3 rings (SSSR count). The van der Waals surface area contributed by atoms with Crippen molar-refractivity contribution < 1.29 is 24.2 Å². The summed E-state index contributed by atoms with van der Waals surface area (Å²) in [6, 6.07) is 12.7. The maximum atomic E-state index is 12.8. The number of carboxylic acids is 1. The first-order valence-corrected chi connectivity index (χ1v) is 10.6. The van der Waals surface area contributed by atoms with Crippen molar-refractivity contribution in [1.82, 2.24) is 4.90 Å². The number of rotatable bonds is 5. The molecule has 0 bridgehead atoms. The van der Waals surface area contributed by atoms with Crippen LogP contribution in [0.5, 0.6) is 5.75 Å². The summed E-state index contributed by atoms with van der Waals surface area (Å²) >= 11 is 0. The number of amides is 1. The zero-order valence-electron chi connectivity index (χ0n) is 18.8. The number of hydrogen-bond acceptors (Lipinski definition) is 4. The topological polar surface area (TPSA) is 76.1 Å². The van der Waals surface area contributed by atoms with Gasteiger partial charge in [0.2, 0.25) is 0 Å².